The number of amides is 1. The van der Waals surface area contributed by atoms with Gasteiger partial charge in [-0.2, -0.15) is 13.7 Å². The van der Waals surface area contributed by atoms with Crippen LogP contribution in [0.25, 0.3) is 0 Å². The highest BCUT2D eigenvalue weighted by molar-refractivity contribution is 9.10. The van der Waals surface area contributed by atoms with Crippen LogP contribution < -0.4 is 5.43 Å². The minimum Gasteiger partial charge on any atom is -0.459 e. The van der Waals surface area contributed by atoms with E-state index in [0.717, 1.165) is 25.5 Å². The number of nitrogens with one attached hydrogen (secondary N) is 1. The molecule has 1 N–H and O–H groups in total. The summed E-state index contributed by atoms with van der Waals surface area (Å²) in [5.74, 6) is -0.0573. The maximum Gasteiger partial charge on any atom is 0.255 e. The zero-order chi connectivity index (χ0) is 35.7. The molecule has 0 spiro atoms. The molecule has 0 aliphatic rings. The Balaban J connectivity index is 1.27. The van der Waals surface area contributed by atoms with Crippen LogP contribution in [0.2, 0.25) is 5.02 Å². The molecule has 5 aromatic rings. The molecule has 50 heavy (non-hydrogen) atoms. The van der Waals surface area contributed by atoms with Gasteiger partial charge < -0.3 is 4.42 Å². The standard InChI is InChI=1S/C36H34BrClN4O6S2/c1-27-7-9-29(10-8-27)24-42(50(46,47)35-19-13-31(38)14-20-35)25-33-16-15-32(48-33)23-39-40-36(43)26-41(22-21-28-5-3-2-4-6-28)49(44,45)34-17-11-30(37)12-18-34/h2-20,23H,21-22,24-26H2,1H3,(H,40,43)/b39-23-. The number of halogens is 2. The molecule has 0 unspecified atom stereocenters. The molecule has 1 heterocycles. The summed E-state index contributed by atoms with van der Waals surface area (Å²) in [6, 6.07) is 32.3. The zero-order valence-electron chi connectivity index (χ0n) is 26.9. The van der Waals surface area contributed by atoms with Gasteiger partial charge in [-0.05, 0) is 85.1 Å². The molecule has 0 saturated carbocycles. The van der Waals surface area contributed by atoms with E-state index in [2.05, 4.69) is 26.5 Å². The molecule has 10 nitrogen and oxygen atoms in total. The Labute approximate surface area is 305 Å². The molecular weight excluding hydrogens is 764 g/mol. The molecule has 0 atom stereocenters. The molecule has 14 heteroatoms. The van der Waals surface area contributed by atoms with Crippen molar-refractivity contribution in [3.63, 3.8) is 0 Å². The third-order valence-corrected chi connectivity index (χ3v) is 12.0. The fourth-order valence-corrected chi connectivity index (χ4v) is 8.08. The van der Waals surface area contributed by atoms with Gasteiger partial charge in [0.25, 0.3) is 5.91 Å². The molecule has 0 bridgehead atoms. The number of benzene rings is 4. The number of nitrogens with zero attached hydrogens (tertiary/aromatic N) is 3. The predicted octanol–water partition coefficient (Wildman–Crippen LogP) is 6.78. The maximum absolute atomic E-state index is 13.7. The molecule has 0 aliphatic carbocycles. The predicted molar refractivity (Wildman–Crippen MR) is 197 cm³/mol. The van der Waals surface area contributed by atoms with E-state index >= 15 is 0 Å². The van der Waals surface area contributed by atoms with E-state index in [0.29, 0.717) is 17.2 Å². The first kappa shape index (κ1) is 37.2. The molecule has 5 rings (SSSR count). The highest BCUT2D eigenvalue weighted by atomic mass is 79.9. The molecular formula is C36H34BrClN4O6S2. The summed E-state index contributed by atoms with van der Waals surface area (Å²) < 4.78 is 63.4. The first-order chi connectivity index (χ1) is 23.9. The van der Waals surface area contributed by atoms with Crippen LogP contribution >= 0.6 is 27.5 Å². The Morgan fingerprint density at radius 1 is 0.780 bits per heavy atom. The van der Waals surface area contributed by atoms with Gasteiger partial charge in [-0.15, -0.1) is 0 Å². The van der Waals surface area contributed by atoms with Gasteiger partial charge in [-0.1, -0.05) is 87.7 Å². The van der Waals surface area contributed by atoms with E-state index < -0.39 is 32.5 Å². The van der Waals surface area contributed by atoms with Crippen molar-refractivity contribution in [2.24, 2.45) is 5.10 Å². The number of rotatable bonds is 15. The second-order valence-electron chi connectivity index (χ2n) is 11.3. The Bertz CT molecular complexity index is 2140. The zero-order valence-corrected chi connectivity index (χ0v) is 30.9. The van der Waals surface area contributed by atoms with Gasteiger partial charge in [-0.25, -0.2) is 22.3 Å². The smallest absolute Gasteiger partial charge is 0.255 e. The van der Waals surface area contributed by atoms with E-state index in [9.17, 15) is 21.6 Å². The van der Waals surface area contributed by atoms with Gasteiger partial charge in [0, 0.05) is 22.6 Å². The molecule has 0 aliphatic heterocycles. The lowest BCUT2D eigenvalue weighted by Gasteiger charge is -2.21. The van der Waals surface area contributed by atoms with Gasteiger partial charge in [0.15, 0.2) is 0 Å². The summed E-state index contributed by atoms with van der Waals surface area (Å²) in [4.78, 5) is 13.1. The number of furan rings is 1. The highest BCUT2D eigenvalue weighted by Crippen LogP contribution is 2.24. The van der Waals surface area contributed by atoms with Gasteiger partial charge >= 0.3 is 0 Å². The number of carbonyl (C=O) groups is 1. The van der Waals surface area contributed by atoms with E-state index in [1.165, 1.54) is 46.9 Å². The third-order valence-electron chi connectivity index (χ3n) is 7.59. The first-order valence-corrected chi connectivity index (χ1v) is 19.5. The minimum atomic E-state index is -4.01. The lowest BCUT2D eigenvalue weighted by Crippen LogP contribution is -2.40. The maximum atomic E-state index is 13.7. The topological polar surface area (TPSA) is 129 Å². The Morgan fingerprint density at radius 3 is 2.06 bits per heavy atom. The molecule has 0 saturated heterocycles. The summed E-state index contributed by atoms with van der Waals surface area (Å²) in [5, 5.41) is 4.38. The summed E-state index contributed by atoms with van der Waals surface area (Å²) in [6.07, 6.45) is 1.66. The van der Waals surface area contributed by atoms with Crippen molar-refractivity contribution in [1.29, 1.82) is 0 Å². The quantitative estimate of drug-likeness (QED) is 0.0920. The van der Waals surface area contributed by atoms with Crippen LogP contribution in [-0.4, -0.2) is 50.7 Å². The second-order valence-corrected chi connectivity index (χ2v) is 16.6. The van der Waals surface area contributed by atoms with Crippen LogP contribution in [0.15, 0.2) is 139 Å². The summed E-state index contributed by atoms with van der Waals surface area (Å²) in [5.41, 5.74) is 5.14. The van der Waals surface area contributed by atoms with Crippen molar-refractivity contribution in [3.8, 4) is 0 Å². The van der Waals surface area contributed by atoms with E-state index in [-0.39, 0.29) is 35.2 Å². The first-order valence-electron chi connectivity index (χ1n) is 15.4. The third kappa shape index (κ3) is 9.99. The molecule has 260 valence electrons. The van der Waals surface area contributed by atoms with Crippen LogP contribution in [-0.2, 0) is 44.4 Å². The molecule has 0 fully saturated rings. The van der Waals surface area contributed by atoms with E-state index in [4.69, 9.17) is 16.0 Å². The number of aryl methyl sites for hydroxylation is 1. The fourth-order valence-electron chi connectivity index (χ4n) is 4.90. The lowest BCUT2D eigenvalue weighted by molar-refractivity contribution is -0.121. The van der Waals surface area contributed by atoms with Crippen LogP contribution in [0.5, 0.6) is 0 Å². The molecule has 1 aromatic heterocycles. The Morgan fingerprint density at radius 2 is 1.40 bits per heavy atom. The van der Waals surface area contributed by atoms with Gasteiger partial charge in [0.2, 0.25) is 20.0 Å². The summed E-state index contributed by atoms with van der Waals surface area (Å²) in [7, 11) is -7.95. The highest BCUT2D eigenvalue weighted by Gasteiger charge is 2.28. The van der Waals surface area contributed by atoms with E-state index in [1.807, 2.05) is 61.5 Å². The van der Waals surface area contributed by atoms with Crippen LogP contribution in [0.4, 0.5) is 0 Å². The van der Waals surface area contributed by atoms with Crippen molar-refractivity contribution in [2.75, 3.05) is 13.1 Å². The van der Waals surface area contributed by atoms with Gasteiger partial charge in [0.1, 0.15) is 11.5 Å². The SMILES string of the molecule is Cc1ccc(CN(Cc2ccc(/C=N\NC(=O)CN(CCc3ccccc3)S(=O)(=O)c3ccc(Br)cc3)o2)S(=O)(=O)c2ccc(Cl)cc2)cc1. The fraction of sp³-hybridized carbons (Fsp3) is 0.167. The number of hydrazone groups is 1. The second kappa shape index (κ2) is 16.7. The van der Waals surface area contributed by atoms with Crippen molar-refractivity contribution in [2.45, 2.75) is 36.2 Å². The van der Waals surface area contributed by atoms with Crippen molar-refractivity contribution in [1.82, 2.24) is 14.0 Å². The average molecular weight is 798 g/mol. The van der Waals surface area contributed by atoms with E-state index in [1.54, 1.807) is 24.3 Å². The largest absolute Gasteiger partial charge is 0.459 e. The molecule has 1 amide bonds. The van der Waals surface area contributed by atoms with Crippen LogP contribution in [0.3, 0.4) is 0 Å². The normalized spacial score (nSPS) is 12.2. The molecule has 4 aromatic carbocycles. The van der Waals surface area contributed by atoms with Crippen LogP contribution in [0, 0.1) is 6.92 Å². The van der Waals surface area contributed by atoms with Gasteiger partial charge in [-0.3, -0.25) is 4.79 Å². The summed E-state index contributed by atoms with van der Waals surface area (Å²) >= 11 is 9.32. The Hall–Kier alpha value is -4.11. The number of hydrogen-bond donors (Lipinski definition) is 1. The van der Waals surface area contributed by atoms with Crippen molar-refractivity contribution in [3.05, 3.63) is 153 Å². The lowest BCUT2D eigenvalue weighted by atomic mass is 10.1. The summed E-state index contributed by atoms with van der Waals surface area (Å²) in [6.45, 7) is 1.56. The van der Waals surface area contributed by atoms with Crippen LogP contribution in [0.1, 0.15) is 28.2 Å². The number of hydrogen-bond acceptors (Lipinski definition) is 7. The average Bonchev–Trinajstić information content (AvgIpc) is 3.55. The number of sulfonamides is 2. The monoisotopic (exact) mass is 796 g/mol. The Kier molecular flexibility index (Phi) is 12.4. The minimum absolute atomic E-state index is 0.0580. The van der Waals surface area contributed by atoms with Crippen molar-refractivity contribution >= 4 is 59.7 Å². The van der Waals surface area contributed by atoms with Crippen molar-refractivity contribution < 1.29 is 26.0 Å². The number of carbonyl (C=O) groups excluding carboxylic acids is 1. The molecule has 0 radical (unpaired) electrons. The van der Waals surface area contributed by atoms with Gasteiger partial charge in [0.05, 0.1) is 29.1 Å².